The van der Waals surface area contributed by atoms with Crippen molar-refractivity contribution in [2.24, 2.45) is 5.92 Å². The van der Waals surface area contributed by atoms with E-state index in [0.29, 0.717) is 13.3 Å². The summed E-state index contributed by atoms with van der Waals surface area (Å²) in [6.45, 7) is 4.73. The number of rotatable bonds is 5. The summed E-state index contributed by atoms with van der Waals surface area (Å²) in [6, 6.07) is 0. The topological polar surface area (TPSA) is 59.4 Å². The lowest BCUT2D eigenvalue weighted by molar-refractivity contribution is -0.149. The van der Waals surface area contributed by atoms with E-state index in [9.17, 15) is 4.79 Å². The number of carbonyl (C=O) groups is 1. The number of aromatic nitrogens is 2. The third-order valence-electron chi connectivity index (χ3n) is 3.36. The minimum absolute atomic E-state index is 0.0440. The van der Waals surface area contributed by atoms with Crippen molar-refractivity contribution in [2.75, 3.05) is 32.1 Å². The van der Waals surface area contributed by atoms with Gasteiger partial charge in [-0.1, -0.05) is 11.3 Å². The second kappa shape index (κ2) is 7.14. The van der Waals surface area contributed by atoms with E-state index in [1.165, 1.54) is 11.3 Å². The average Bonchev–Trinajstić information content (AvgIpc) is 2.80. The molecule has 6 nitrogen and oxygen atoms in total. The maximum Gasteiger partial charge on any atom is 0.309 e. The van der Waals surface area contributed by atoms with Gasteiger partial charge >= 0.3 is 5.97 Å². The lowest BCUT2D eigenvalue weighted by Crippen LogP contribution is -2.38. The van der Waals surface area contributed by atoms with E-state index in [2.05, 4.69) is 15.3 Å². The molecule has 0 radical (unpaired) electrons. The molecule has 2 heterocycles. The van der Waals surface area contributed by atoms with Crippen molar-refractivity contribution in [1.29, 1.82) is 0 Å². The summed E-state index contributed by atoms with van der Waals surface area (Å²) in [5.74, 6) is -0.0163. The molecule has 1 saturated heterocycles. The number of anilines is 1. The van der Waals surface area contributed by atoms with Gasteiger partial charge in [-0.2, -0.15) is 0 Å². The molecule has 2 rings (SSSR count). The maximum atomic E-state index is 11.7. The normalized spacial score (nSPS) is 17.1. The van der Waals surface area contributed by atoms with Crippen LogP contribution in [0.1, 0.15) is 19.8 Å². The van der Waals surface area contributed by atoms with Crippen LogP contribution in [0.4, 0.5) is 5.13 Å². The quantitative estimate of drug-likeness (QED) is 0.662. The lowest BCUT2D eigenvalue weighted by atomic mass is 9.97. The van der Waals surface area contributed by atoms with E-state index in [0.717, 1.165) is 35.0 Å². The van der Waals surface area contributed by atoms with Crippen molar-refractivity contribution in [3.8, 4) is 0 Å². The molecule has 0 unspecified atom stereocenters. The van der Waals surface area contributed by atoms with Crippen LogP contribution in [0.5, 0.6) is 0 Å². The standard InChI is InChI=1S/C12H20N4O2S2/c1-3-18-10(17)9-4-6-15(7-5-9)8-16-12(19)20-11(13-2)14-16/h9H,3-8H2,1-2H3,(H,13,14). The molecule has 1 fully saturated rings. The monoisotopic (exact) mass is 316 g/mol. The minimum Gasteiger partial charge on any atom is -0.466 e. The molecule has 0 aromatic carbocycles. The van der Waals surface area contributed by atoms with Crippen LogP contribution < -0.4 is 5.32 Å². The fraction of sp³-hybridized carbons (Fsp3) is 0.750. The first kappa shape index (κ1) is 15.4. The predicted molar refractivity (Wildman–Crippen MR) is 81.4 cm³/mol. The van der Waals surface area contributed by atoms with Gasteiger partial charge < -0.3 is 10.1 Å². The van der Waals surface area contributed by atoms with Crippen LogP contribution >= 0.6 is 23.6 Å². The molecule has 0 bridgehead atoms. The average molecular weight is 316 g/mol. The molecule has 1 aromatic heterocycles. The van der Waals surface area contributed by atoms with Gasteiger partial charge in [-0.25, -0.2) is 4.68 Å². The molecule has 8 heteroatoms. The molecule has 0 amide bonds. The number of nitrogens with zero attached hydrogens (tertiary/aromatic N) is 3. The molecule has 0 spiro atoms. The van der Waals surface area contributed by atoms with Crippen molar-refractivity contribution in [1.82, 2.24) is 14.7 Å². The van der Waals surface area contributed by atoms with Gasteiger partial charge in [0.15, 0.2) is 3.95 Å². The Labute approximate surface area is 127 Å². The van der Waals surface area contributed by atoms with Gasteiger partial charge in [0.05, 0.1) is 19.2 Å². The van der Waals surface area contributed by atoms with E-state index in [1.54, 1.807) is 0 Å². The highest BCUT2D eigenvalue weighted by atomic mass is 32.1. The Morgan fingerprint density at radius 2 is 2.25 bits per heavy atom. The first-order valence-electron chi connectivity index (χ1n) is 6.78. The maximum absolute atomic E-state index is 11.7. The van der Waals surface area contributed by atoms with Crippen molar-refractivity contribution >= 4 is 34.7 Å². The number of nitrogens with one attached hydrogen (secondary N) is 1. The number of likely N-dealkylation sites (tertiary alicyclic amines) is 1. The third kappa shape index (κ3) is 3.77. The van der Waals surface area contributed by atoms with Crippen LogP contribution in [0.2, 0.25) is 0 Å². The number of carbonyl (C=O) groups excluding carboxylic acids is 1. The zero-order valence-corrected chi connectivity index (χ0v) is 13.4. The number of ether oxygens (including phenoxy) is 1. The Balaban J connectivity index is 1.86. The van der Waals surface area contributed by atoms with E-state index < -0.39 is 0 Å². The van der Waals surface area contributed by atoms with E-state index in [-0.39, 0.29) is 11.9 Å². The Kier molecular flexibility index (Phi) is 5.50. The highest BCUT2D eigenvalue weighted by Gasteiger charge is 2.26. The van der Waals surface area contributed by atoms with Crippen LogP contribution in [-0.4, -0.2) is 47.4 Å². The fourth-order valence-corrected chi connectivity index (χ4v) is 3.20. The molecule has 0 saturated carbocycles. The summed E-state index contributed by atoms with van der Waals surface area (Å²) >= 11 is 6.75. The second-order valence-corrected chi connectivity index (χ2v) is 6.33. The summed E-state index contributed by atoms with van der Waals surface area (Å²) in [7, 11) is 1.84. The van der Waals surface area contributed by atoms with Crippen LogP contribution in [-0.2, 0) is 16.2 Å². The lowest BCUT2D eigenvalue weighted by Gasteiger charge is -2.30. The minimum atomic E-state index is -0.0603. The predicted octanol–water partition coefficient (Wildman–Crippen LogP) is 1.95. The summed E-state index contributed by atoms with van der Waals surface area (Å²) < 4.78 is 7.67. The Morgan fingerprint density at radius 1 is 1.55 bits per heavy atom. The Bertz CT molecular complexity index is 506. The van der Waals surface area contributed by atoms with Crippen molar-refractivity contribution < 1.29 is 9.53 Å². The van der Waals surface area contributed by atoms with Gasteiger partial charge in [-0.3, -0.25) is 9.69 Å². The first-order valence-corrected chi connectivity index (χ1v) is 8.01. The third-order valence-corrected chi connectivity index (χ3v) is 4.69. The van der Waals surface area contributed by atoms with Crippen LogP contribution in [0, 0.1) is 9.87 Å². The van der Waals surface area contributed by atoms with Crippen LogP contribution in [0.3, 0.4) is 0 Å². The molecule has 1 aromatic rings. The largest absolute Gasteiger partial charge is 0.466 e. The first-order chi connectivity index (χ1) is 9.63. The number of hydrogen-bond acceptors (Lipinski definition) is 7. The van der Waals surface area contributed by atoms with Crippen molar-refractivity contribution in [2.45, 2.75) is 26.4 Å². The van der Waals surface area contributed by atoms with Crippen molar-refractivity contribution in [3.05, 3.63) is 3.95 Å². The summed E-state index contributed by atoms with van der Waals surface area (Å²) in [4.78, 5) is 13.9. The fourth-order valence-electron chi connectivity index (χ4n) is 2.26. The summed E-state index contributed by atoms with van der Waals surface area (Å²) in [6.07, 6.45) is 1.68. The Hall–Kier alpha value is -0.990. The molecule has 20 heavy (non-hydrogen) atoms. The smallest absolute Gasteiger partial charge is 0.309 e. The Morgan fingerprint density at radius 3 is 2.80 bits per heavy atom. The summed E-state index contributed by atoms with van der Waals surface area (Å²) in [5.41, 5.74) is 0. The van der Waals surface area contributed by atoms with E-state index in [1.807, 2.05) is 18.7 Å². The molecular weight excluding hydrogens is 296 g/mol. The van der Waals surface area contributed by atoms with Crippen molar-refractivity contribution in [3.63, 3.8) is 0 Å². The van der Waals surface area contributed by atoms with Crippen LogP contribution in [0.15, 0.2) is 0 Å². The van der Waals surface area contributed by atoms with Gasteiger partial charge in [0.25, 0.3) is 0 Å². The molecule has 0 atom stereocenters. The van der Waals surface area contributed by atoms with Gasteiger partial charge in [0, 0.05) is 20.1 Å². The van der Waals surface area contributed by atoms with E-state index in [4.69, 9.17) is 17.0 Å². The highest BCUT2D eigenvalue weighted by molar-refractivity contribution is 7.73. The van der Waals surface area contributed by atoms with Gasteiger partial charge in [0.1, 0.15) is 0 Å². The molecule has 1 N–H and O–H groups in total. The molecule has 1 aliphatic rings. The summed E-state index contributed by atoms with van der Waals surface area (Å²) in [5, 5.41) is 8.22. The molecule has 112 valence electrons. The molecule has 1 aliphatic heterocycles. The number of esters is 1. The SMILES string of the molecule is CCOC(=O)C1CCN(Cn2nc(NC)sc2=S)CC1. The number of piperidine rings is 1. The second-order valence-electron chi connectivity index (χ2n) is 4.71. The molecular formula is C12H20N4O2S2. The zero-order chi connectivity index (χ0) is 14.5. The zero-order valence-electron chi connectivity index (χ0n) is 11.8. The molecule has 0 aliphatic carbocycles. The number of hydrogen-bond donors (Lipinski definition) is 1. The van der Waals surface area contributed by atoms with E-state index >= 15 is 0 Å². The van der Waals surface area contributed by atoms with Gasteiger partial charge in [0.2, 0.25) is 5.13 Å². The van der Waals surface area contributed by atoms with Gasteiger partial charge in [-0.15, -0.1) is 5.10 Å². The highest BCUT2D eigenvalue weighted by Crippen LogP contribution is 2.20. The van der Waals surface area contributed by atoms with Crippen LogP contribution in [0.25, 0.3) is 0 Å². The van der Waals surface area contributed by atoms with Gasteiger partial charge in [-0.05, 0) is 32.0 Å².